The molecular formula is C30H26Cl2N4O3. The summed E-state index contributed by atoms with van der Waals surface area (Å²) in [6.45, 7) is 0.553. The lowest BCUT2D eigenvalue weighted by atomic mass is 9.95. The minimum atomic E-state index is -0.671. The van der Waals surface area contributed by atoms with Crippen molar-refractivity contribution in [2.75, 3.05) is 12.0 Å². The Morgan fingerprint density at radius 3 is 2.31 bits per heavy atom. The van der Waals surface area contributed by atoms with Crippen LogP contribution in [0.2, 0.25) is 10.0 Å². The number of allylic oxidation sites excluding steroid dienone is 1. The molecule has 0 spiro atoms. The van der Waals surface area contributed by atoms with E-state index in [0.717, 1.165) is 16.8 Å². The number of nitrogens with zero attached hydrogens (tertiary/aromatic N) is 4. The van der Waals surface area contributed by atoms with E-state index in [4.69, 9.17) is 27.9 Å². The Morgan fingerprint density at radius 2 is 1.67 bits per heavy atom. The van der Waals surface area contributed by atoms with Gasteiger partial charge in [0.15, 0.2) is 5.78 Å². The third-order valence-electron chi connectivity index (χ3n) is 6.00. The molecule has 0 N–H and O–H groups in total. The fourth-order valence-electron chi connectivity index (χ4n) is 4.04. The number of aromatic nitrogens is 3. The molecule has 1 atom stereocenters. The fourth-order valence-corrected chi connectivity index (χ4v) is 4.64. The van der Waals surface area contributed by atoms with E-state index in [9.17, 15) is 9.59 Å². The molecule has 9 heteroatoms. The van der Waals surface area contributed by atoms with Crippen molar-refractivity contribution in [3.8, 4) is 0 Å². The minimum Gasteiger partial charge on any atom is -0.469 e. The first kappa shape index (κ1) is 28.0. The number of halogens is 2. The van der Waals surface area contributed by atoms with Gasteiger partial charge in [0.25, 0.3) is 0 Å². The molecular weight excluding hydrogens is 535 g/mol. The Kier molecular flexibility index (Phi) is 9.78. The zero-order valence-electron chi connectivity index (χ0n) is 21.2. The molecule has 0 aliphatic carbocycles. The molecule has 198 valence electrons. The lowest BCUT2D eigenvalue weighted by Gasteiger charge is -2.22. The maximum Gasteiger partial charge on any atom is 0.309 e. The zero-order valence-corrected chi connectivity index (χ0v) is 22.7. The van der Waals surface area contributed by atoms with Gasteiger partial charge in [0.05, 0.1) is 35.2 Å². The van der Waals surface area contributed by atoms with Gasteiger partial charge in [-0.3, -0.25) is 14.6 Å². The van der Waals surface area contributed by atoms with Crippen LogP contribution >= 0.6 is 23.2 Å². The topological polar surface area (TPSA) is 85.3 Å². The second-order valence-corrected chi connectivity index (χ2v) is 9.48. The van der Waals surface area contributed by atoms with Gasteiger partial charge in [-0.25, -0.2) is 9.97 Å². The Morgan fingerprint density at radius 1 is 0.949 bits per heavy atom. The van der Waals surface area contributed by atoms with E-state index < -0.39 is 11.9 Å². The summed E-state index contributed by atoms with van der Waals surface area (Å²) in [6, 6.07) is 18.4. The average molecular weight is 561 g/mol. The van der Waals surface area contributed by atoms with Crippen molar-refractivity contribution in [2.45, 2.75) is 19.4 Å². The van der Waals surface area contributed by atoms with Gasteiger partial charge in [-0.2, -0.15) is 0 Å². The second kappa shape index (κ2) is 13.6. The van der Waals surface area contributed by atoms with Crippen LogP contribution in [0.4, 0.5) is 11.6 Å². The standard InChI is InChI=1S/C30H26Cl2N4O3/c1-39-29(38)23(18-27(37)28-25(31)9-3-10-26(28)32)8-2-6-21-11-13-24(14-12-21)36(30-34-16-5-17-35-30)20-22-7-4-15-33-19-22/h2-7,9-17,19,23H,8,18,20H2,1H3/b6-2+. The molecule has 2 aromatic carbocycles. The molecule has 0 aliphatic rings. The Balaban J connectivity index is 1.47. The third kappa shape index (κ3) is 7.50. The maximum absolute atomic E-state index is 12.9. The van der Waals surface area contributed by atoms with Gasteiger partial charge in [0.2, 0.25) is 5.95 Å². The number of esters is 1. The Hall–Kier alpha value is -4.07. The highest BCUT2D eigenvalue weighted by atomic mass is 35.5. The van der Waals surface area contributed by atoms with Crippen molar-refractivity contribution in [1.82, 2.24) is 15.0 Å². The number of carbonyl (C=O) groups is 2. The maximum atomic E-state index is 12.9. The first-order valence-corrected chi connectivity index (χ1v) is 13.0. The zero-order chi connectivity index (χ0) is 27.6. The summed E-state index contributed by atoms with van der Waals surface area (Å²) < 4.78 is 4.93. The van der Waals surface area contributed by atoms with E-state index in [2.05, 4.69) is 15.0 Å². The number of benzene rings is 2. The summed E-state index contributed by atoms with van der Waals surface area (Å²) in [5, 5.41) is 0.510. The first-order valence-electron chi connectivity index (χ1n) is 12.2. The molecule has 2 aromatic heterocycles. The van der Waals surface area contributed by atoms with E-state index in [1.807, 2.05) is 59.6 Å². The number of ketones is 1. The van der Waals surface area contributed by atoms with Crippen LogP contribution in [0.15, 0.2) is 91.5 Å². The molecule has 0 fully saturated rings. The molecule has 0 amide bonds. The molecule has 39 heavy (non-hydrogen) atoms. The minimum absolute atomic E-state index is 0.0697. The van der Waals surface area contributed by atoms with Crippen LogP contribution in [0.5, 0.6) is 0 Å². The smallest absolute Gasteiger partial charge is 0.309 e. The monoisotopic (exact) mass is 560 g/mol. The Bertz CT molecular complexity index is 1410. The van der Waals surface area contributed by atoms with Crippen LogP contribution < -0.4 is 4.90 Å². The summed E-state index contributed by atoms with van der Waals surface area (Å²) in [6.07, 6.45) is 11.0. The Labute approximate surface area is 237 Å². The normalized spacial score (nSPS) is 11.8. The molecule has 0 radical (unpaired) electrons. The largest absolute Gasteiger partial charge is 0.469 e. The predicted molar refractivity (Wildman–Crippen MR) is 153 cm³/mol. The summed E-state index contributed by atoms with van der Waals surface area (Å²) in [5.74, 6) is -0.875. The van der Waals surface area contributed by atoms with Gasteiger partial charge < -0.3 is 9.64 Å². The van der Waals surface area contributed by atoms with Crippen LogP contribution in [0, 0.1) is 5.92 Å². The molecule has 0 saturated carbocycles. The van der Waals surface area contributed by atoms with Gasteiger partial charge in [-0.15, -0.1) is 0 Å². The first-order chi connectivity index (χ1) is 19.0. The number of ether oxygens (including phenoxy) is 1. The number of hydrogen-bond acceptors (Lipinski definition) is 7. The predicted octanol–water partition coefficient (Wildman–Crippen LogP) is 6.98. The van der Waals surface area contributed by atoms with Crippen LogP contribution in [-0.4, -0.2) is 33.8 Å². The lowest BCUT2D eigenvalue weighted by molar-refractivity contribution is -0.145. The van der Waals surface area contributed by atoms with Gasteiger partial charge in [0, 0.05) is 36.9 Å². The summed E-state index contributed by atoms with van der Waals surface area (Å²) in [5.41, 5.74) is 3.08. The van der Waals surface area contributed by atoms with Crippen LogP contribution in [0.25, 0.3) is 6.08 Å². The van der Waals surface area contributed by atoms with Gasteiger partial charge >= 0.3 is 5.97 Å². The average Bonchev–Trinajstić information content (AvgIpc) is 2.96. The van der Waals surface area contributed by atoms with Gasteiger partial charge in [-0.1, -0.05) is 59.6 Å². The lowest BCUT2D eigenvalue weighted by Crippen LogP contribution is -2.20. The molecule has 4 rings (SSSR count). The van der Waals surface area contributed by atoms with Gasteiger partial charge in [0.1, 0.15) is 0 Å². The van der Waals surface area contributed by atoms with Gasteiger partial charge in [-0.05, 0) is 53.9 Å². The molecule has 0 bridgehead atoms. The molecule has 1 unspecified atom stereocenters. The summed E-state index contributed by atoms with van der Waals surface area (Å²) in [4.78, 5) is 40.3. The van der Waals surface area contributed by atoms with Crippen LogP contribution in [0.1, 0.15) is 34.3 Å². The molecule has 0 saturated heterocycles. The van der Waals surface area contributed by atoms with Crippen LogP contribution in [0.3, 0.4) is 0 Å². The number of anilines is 2. The van der Waals surface area contributed by atoms with Crippen molar-refractivity contribution >= 4 is 52.7 Å². The van der Waals surface area contributed by atoms with Crippen LogP contribution in [-0.2, 0) is 16.1 Å². The van der Waals surface area contributed by atoms with E-state index in [0.29, 0.717) is 18.9 Å². The number of carbonyl (C=O) groups excluding carboxylic acids is 2. The molecule has 0 aliphatic heterocycles. The van der Waals surface area contributed by atoms with E-state index in [-0.39, 0.29) is 27.8 Å². The van der Waals surface area contributed by atoms with Crippen molar-refractivity contribution in [2.24, 2.45) is 5.92 Å². The highest BCUT2D eigenvalue weighted by Crippen LogP contribution is 2.28. The summed E-state index contributed by atoms with van der Waals surface area (Å²) >= 11 is 12.4. The van der Waals surface area contributed by atoms with Crippen molar-refractivity contribution < 1.29 is 14.3 Å². The SMILES string of the molecule is COC(=O)C(C/C=C/c1ccc(N(Cc2cccnc2)c2ncccn2)cc1)CC(=O)c1c(Cl)cccc1Cl. The van der Waals surface area contributed by atoms with Crippen molar-refractivity contribution in [3.63, 3.8) is 0 Å². The number of rotatable bonds is 11. The van der Waals surface area contributed by atoms with Crippen molar-refractivity contribution in [3.05, 3.63) is 118 Å². The number of hydrogen-bond donors (Lipinski definition) is 0. The quantitative estimate of drug-likeness (QED) is 0.144. The highest BCUT2D eigenvalue weighted by molar-refractivity contribution is 6.39. The van der Waals surface area contributed by atoms with Crippen molar-refractivity contribution in [1.29, 1.82) is 0 Å². The van der Waals surface area contributed by atoms with E-state index >= 15 is 0 Å². The molecule has 2 heterocycles. The third-order valence-corrected chi connectivity index (χ3v) is 6.63. The van der Waals surface area contributed by atoms with E-state index in [1.165, 1.54) is 7.11 Å². The summed E-state index contributed by atoms with van der Waals surface area (Å²) in [7, 11) is 1.30. The number of Topliss-reactive ketones (excluding diaryl/α,β-unsaturated/α-hetero) is 1. The molecule has 4 aromatic rings. The highest BCUT2D eigenvalue weighted by Gasteiger charge is 2.24. The molecule has 7 nitrogen and oxygen atoms in total. The second-order valence-electron chi connectivity index (χ2n) is 8.67. The fraction of sp³-hybridized carbons (Fsp3) is 0.167. The number of pyridine rings is 1. The number of methoxy groups -OCH3 is 1. The van der Waals surface area contributed by atoms with E-state index in [1.54, 1.807) is 42.9 Å².